The Morgan fingerprint density at radius 1 is 0.597 bits per heavy atom. The molecule has 1 saturated carbocycles. The number of carbonyl (C=O) groups is 9. The Morgan fingerprint density at radius 3 is 1.72 bits per heavy atom. The number of fused-ring (bicyclic) bond motifs is 3. The largest absolute Gasteiger partial charge is 0.493 e. The van der Waals surface area contributed by atoms with Gasteiger partial charge >= 0.3 is 53.7 Å². The standard InChI is InChI=1S/C47H56O25/c1-20-36(63-23(4)50)39(65-25(6)52)41(67-27(8)54)45(61-20)70-37-30-15-16-58-44(71-46-42(68-28(9)55)40(66-26(7)53)38(64-24(5)51)33(69-46)18-59-21(2)48)35(30)47(43(37)72-47)19-60-34(56)14-12-29-11-13-31(62-22(3)49)32(17-29)57-10/h11-17,20,30,33,35-46H,18-19H2,1-10H3/b14-12+/t20-,30+,33+,35+,36-,37-,38+,39+,40-,41+,42+,43-,44-,45-,46-,47+/m0/s1. The predicted molar refractivity (Wildman–Crippen MR) is 232 cm³/mol. The Bertz CT molecular complexity index is 2310. The van der Waals surface area contributed by atoms with Crippen molar-refractivity contribution in [3.8, 4) is 11.5 Å². The second-order valence-electron chi connectivity index (χ2n) is 17.1. The molecule has 1 aromatic rings. The zero-order valence-corrected chi connectivity index (χ0v) is 40.8. The minimum Gasteiger partial charge on any atom is -0.493 e. The molecule has 0 radical (unpaired) electrons. The number of hydrogen-bond donors (Lipinski definition) is 0. The molecule has 0 aromatic heterocycles. The van der Waals surface area contributed by atoms with Gasteiger partial charge in [-0.2, -0.15) is 0 Å². The molecule has 16 atom stereocenters. The van der Waals surface area contributed by atoms with Crippen LogP contribution in [0.15, 0.2) is 36.6 Å². The van der Waals surface area contributed by atoms with Crippen LogP contribution in [0.4, 0.5) is 0 Å². The van der Waals surface area contributed by atoms with Gasteiger partial charge in [0.25, 0.3) is 0 Å². The van der Waals surface area contributed by atoms with E-state index in [1.807, 2.05) is 0 Å². The zero-order chi connectivity index (χ0) is 52.8. The lowest BCUT2D eigenvalue weighted by Crippen LogP contribution is -2.64. The van der Waals surface area contributed by atoms with Crippen LogP contribution in [-0.4, -0.2) is 160 Å². The molecule has 1 aromatic carbocycles. The predicted octanol–water partition coefficient (Wildman–Crippen LogP) is 1.46. The molecule has 4 fully saturated rings. The Labute approximate surface area is 411 Å². The van der Waals surface area contributed by atoms with Gasteiger partial charge in [0.05, 0.1) is 31.5 Å². The SMILES string of the molecule is COc1cc(/C=C/C(=O)OC[C@]23O[C@H]2[C@@H](O[C@@H]2O[C@@H](C)[C@H](OC(C)=O)[C@@H](OC(C)=O)[C@H]2OC(C)=O)[C@@H]2C=CO[C@@H](O[C@@H]4O[C@H](COC(C)=O)[C@@H](OC(C)=O)[C@H](OC(C)=O)[C@H]4OC(C)=O)[C@@H]23)ccc1OC(C)=O. The number of hydrogen-bond acceptors (Lipinski definition) is 25. The normalized spacial score (nSPS) is 33.1. The molecule has 0 spiro atoms. The Balaban J connectivity index is 1.36. The van der Waals surface area contributed by atoms with Gasteiger partial charge in [0, 0.05) is 67.4 Å². The Kier molecular flexibility index (Phi) is 17.7. The number of carbonyl (C=O) groups excluding carboxylic acids is 9. The molecule has 5 aliphatic rings. The van der Waals surface area contributed by atoms with E-state index in [4.69, 9.17) is 75.8 Å². The van der Waals surface area contributed by atoms with Crippen LogP contribution in [0.1, 0.15) is 67.9 Å². The van der Waals surface area contributed by atoms with Crippen LogP contribution in [0, 0.1) is 11.8 Å². The fourth-order valence-corrected chi connectivity index (χ4v) is 9.07. The zero-order valence-electron chi connectivity index (χ0n) is 40.8. The molecule has 0 N–H and O–H groups in total. The maximum atomic E-state index is 13.5. The highest BCUT2D eigenvalue weighted by atomic mass is 16.8. The Hall–Kier alpha value is -6.67. The van der Waals surface area contributed by atoms with E-state index in [0.29, 0.717) is 5.56 Å². The van der Waals surface area contributed by atoms with E-state index in [1.165, 1.54) is 45.4 Å². The van der Waals surface area contributed by atoms with Crippen molar-refractivity contribution in [3.63, 3.8) is 0 Å². The van der Waals surface area contributed by atoms with E-state index in [0.717, 1.165) is 54.5 Å². The van der Waals surface area contributed by atoms with E-state index < -0.39 is 164 Å². The number of ether oxygens (including phenoxy) is 16. The van der Waals surface area contributed by atoms with Crippen molar-refractivity contribution in [3.05, 3.63) is 42.2 Å². The molecular formula is C47H56O25. The van der Waals surface area contributed by atoms with Crippen LogP contribution in [-0.2, 0) is 109 Å². The van der Waals surface area contributed by atoms with Crippen LogP contribution in [0.3, 0.4) is 0 Å². The van der Waals surface area contributed by atoms with Crippen LogP contribution in [0.25, 0.3) is 6.08 Å². The molecule has 4 heterocycles. The lowest BCUT2D eigenvalue weighted by molar-refractivity contribution is -0.349. The highest BCUT2D eigenvalue weighted by Gasteiger charge is 2.78. The summed E-state index contributed by atoms with van der Waals surface area (Å²) < 4.78 is 92.9. The van der Waals surface area contributed by atoms with Gasteiger partial charge in [-0.25, -0.2) is 4.79 Å². The lowest BCUT2D eigenvalue weighted by Gasteiger charge is -2.46. The van der Waals surface area contributed by atoms with Gasteiger partial charge in [0.15, 0.2) is 54.4 Å². The fraction of sp³-hybridized carbons (Fsp3) is 0.596. The highest BCUT2D eigenvalue weighted by molar-refractivity contribution is 5.87. The summed E-state index contributed by atoms with van der Waals surface area (Å²) in [7, 11) is 1.37. The third kappa shape index (κ3) is 13.0. The molecular weight excluding hydrogens is 964 g/mol. The van der Waals surface area contributed by atoms with Gasteiger partial charge in [0.2, 0.25) is 12.6 Å². The van der Waals surface area contributed by atoms with Gasteiger partial charge < -0.3 is 75.8 Å². The van der Waals surface area contributed by atoms with Crippen LogP contribution in [0.5, 0.6) is 11.5 Å². The highest BCUT2D eigenvalue weighted by Crippen LogP contribution is 2.61. The first-order chi connectivity index (χ1) is 34.0. The summed E-state index contributed by atoms with van der Waals surface area (Å²) in [5, 5.41) is 0. The monoisotopic (exact) mass is 1020 g/mol. The maximum Gasteiger partial charge on any atom is 0.330 e. The second kappa shape index (κ2) is 23.3. The number of benzene rings is 1. The van der Waals surface area contributed by atoms with Gasteiger partial charge in [-0.05, 0) is 36.8 Å². The quantitative estimate of drug-likeness (QED) is 0.0661. The second-order valence-corrected chi connectivity index (χ2v) is 17.1. The summed E-state index contributed by atoms with van der Waals surface area (Å²) >= 11 is 0. The number of epoxide rings is 1. The van der Waals surface area contributed by atoms with Gasteiger partial charge in [-0.3, -0.25) is 38.4 Å². The van der Waals surface area contributed by atoms with Crippen molar-refractivity contribution >= 4 is 59.8 Å². The molecule has 1 aliphatic carbocycles. The van der Waals surface area contributed by atoms with E-state index in [-0.39, 0.29) is 11.5 Å². The van der Waals surface area contributed by atoms with Crippen molar-refractivity contribution in [2.24, 2.45) is 11.8 Å². The third-order valence-electron chi connectivity index (χ3n) is 11.7. The van der Waals surface area contributed by atoms with Crippen LogP contribution in [0.2, 0.25) is 0 Å². The molecule has 6 rings (SSSR count). The van der Waals surface area contributed by atoms with Crippen molar-refractivity contribution in [1.29, 1.82) is 0 Å². The third-order valence-corrected chi connectivity index (χ3v) is 11.7. The van der Waals surface area contributed by atoms with Gasteiger partial charge in [-0.15, -0.1) is 0 Å². The first-order valence-corrected chi connectivity index (χ1v) is 22.5. The molecule has 4 aliphatic heterocycles. The smallest absolute Gasteiger partial charge is 0.330 e. The van der Waals surface area contributed by atoms with Crippen molar-refractivity contribution < 1.29 is 119 Å². The minimum absolute atomic E-state index is 0.149. The maximum absolute atomic E-state index is 13.5. The summed E-state index contributed by atoms with van der Waals surface area (Å²) in [5.74, 6) is -8.76. The first kappa shape index (κ1) is 54.7. The van der Waals surface area contributed by atoms with Crippen molar-refractivity contribution in [2.45, 2.75) is 148 Å². The minimum atomic E-state index is -1.75. The van der Waals surface area contributed by atoms with Crippen LogP contribution < -0.4 is 9.47 Å². The summed E-state index contributed by atoms with van der Waals surface area (Å²) in [5.41, 5.74) is -1.07. The van der Waals surface area contributed by atoms with Crippen LogP contribution >= 0.6 is 0 Å². The van der Waals surface area contributed by atoms with E-state index in [2.05, 4.69) is 0 Å². The summed E-state index contributed by atoms with van der Waals surface area (Å²) in [6, 6.07) is 4.55. The fourth-order valence-electron chi connectivity index (χ4n) is 9.07. The summed E-state index contributed by atoms with van der Waals surface area (Å²) in [4.78, 5) is 112. The van der Waals surface area contributed by atoms with Gasteiger partial charge in [-0.1, -0.05) is 6.07 Å². The summed E-state index contributed by atoms with van der Waals surface area (Å²) in [6.07, 6.45) is -12.9. The average Bonchev–Trinajstić information content (AvgIpc) is 3.95. The molecule has 25 nitrogen and oxygen atoms in total. The Morgan fingerprint density at radius 2 is 1.15 bits per heavy atom. The van der Waals surface area contributed by atoms with E-state index >= 15 is 0 Å². The lowest BCUT2D eigenvalue weighted by atomic mass is 9.85. The molecule has 0 amide bonds. The molecule has 3 saturated heterocycles. The van der Waals surface area contributed by atoms with E-state index in [1.54, 1.807) is 12.1 Å². The topological polar surface area (TPSA) is 305 Å². The molecule has 394 valence electrons. The van der Waals surface area contributed by atoms with Crippen molar-refractivity contribution in [2.75, 3.05) is 20.3 Å². The number of methoxy groups -OCH3 is 1. The number of esters is 9. The van der Waals surface area contributed by atoms with Gasteiger partial charge in [0.1, 0.15) is 31.0 Å². The first-order valence-electron chi connectivity index (χ1n) is 22.5. The van der Waals surface area contributed by atoms with E-state index in [9.17, 15) is 43.2 Å². The number of rotatable bonds is 18. The average molecular weight is 1020 g/mol. The summed E-state index contributed by atoms with van der Waals surface area (Å²) in [6.45, 7) is 9.29. The molecule has 25 heteroatoms. The molecule has 0 unspecified atom stereocenters. The van der Waals surface area contributed by atoms with Crippen molar-refractivity contribution in [1.82, 2.24) is 0 Å². The molecule has 0 bridgehead atoms. The molecule has 72 heavy (non-hydrogen) atoms.